The van der Waals surface area contributed by atoms with Crippen molar-refractivity contribution in [1.29, 1.82) is 0 Å². The minimum atomic E-state index is -5.10. The zero-order valence-corrected chi connectivity index (χ0v) is 16.2. The van der Waals surface area contributed by atoms with Crippen LogP contribution >= 0.6 is 11.3 Å². The fourth-order valence-electron chi connectivity index (χ4n) is 2.60. The van der Waals surface area contributed by atoms with Crippen LogP contribution in [0, 0.1) is 0 Å². The quantitative estimate of drug-likeness (QED) is 0.535. The second-order valence-corrected chi connectivity index (χ2v) is 7.15. The highest BCUT2D eigenvalue weighted by molar-refractivity contribution is 7.13. The molecule has 0 radical (unpaired) electrons. The monoisotopic (exact) mass is 468 g/mol. The number of nitrogens with zero attached hydrogens (tertiary/aromatic N) is 2. The summed E-state index contributed by atoms with van der Waals surface area (Å²) in [6, 6.07) is 0.421. The van der Waals surface area contributed by atoms with Crippen molar-refractivity contribution in [2.45, 2.75) is 12.4 Å². The van der Waals surface area contributed by atoms with E-state index in [1.165, 1.54) is 5.38 Å². The van der Waals surface area contributed by atoms with Gasteiger partial charge >= 0.3 is 12.4 Å². The van der Waals surface area contributed by atoms with E-state index >= 15 is 0 Å². The lowest BCUT2D eigenvalue weighted by Crippen LogP contribution is -2.42. The first-order valence-corrected chi connectivity index (χ1v) is 9.51. The van der Waals surface area contributed by atoms with Gasteiger partial charge in [-0.3, -0.25) is 20.4 Å². The number of thiazole rings is 1. The maximum absolute atomic E-state index is 12.9. The Labute approximate surface area is 175 Å². The van der Waals surface area contributed by atoms with Crippen molar-refractivity contribution in [3.8, 4) is 0 Å². The molecular formula is C17H14F6N4O3S. The summed E-state index contributed by atoms with van der Waals surface area (Å²) in [4.78, 5) is 30.2. The Hall–Kier alpha value is -2.87. The average molecular weight is 468 g/mol. The Balaban J connectivity index is 1.70. The van der Waals surface area contributed by atoms with Crippen molar-refractivity contribution in [3.05, 3.63) is 46.0 Å². The molecule has 3 rings (SSSR count). The molecule has 0 bridgehead atoms. The minimum absolute atomic E-state index is 0.0770. The van der Waals surface area contributed by atoms with Crippen LogP contribution in [-0.2, 0) is 17.1 Å². The number of morpholine rings is 1. The van der Waals surface area contributed by atoms with E-state index < -0.39 is 40.9 Å². The summed E-state index contributed by atoms with van der Waals surface area (Å²) in [5, 5.41) is 1.94. The molecule has 1 aliphatic heterocycles. The zero-order chi connectivity index (χ0) is 22.8. The third-order valence-corrected chi connectivity index (χ3v) is 5.05. The van der Waals surface area contributed by atoms with Gasteiger partial charge in [0.2, 0.25) is 0 Å². The summed E-state index contributed by atoms with van der Waals surface area (Å²) >= 11 is 1.16. The van der Waals surface area contributed by atoms with E-state index in [0.717, 1.165) is 11.3 Å². The predicted molar refractivity (Wildman–Crippen MR) is 96.5 cm³/mol. The predicted octanol–water partition coefficient (Wildman–Crippen LogP) is 3.09. The Morgan fingerprint density at radius 1 is 0.935 bits per heavy atom. The van der Waals surface area contributed by atoms with Crippen LogP contribution in [0.3, 0.4) is 0 Å². The second-order valence-electron chi connectivity index (χ2n) is 6.32. The van der Waals surface area contributed by atoms with Gasteiger partial charge in [0, 0.05) is 24.0 Å². The van der Waals surface area contributed by atoms with Crippen molar-refractivity contribution < 1.29 is 40.7 Å². The first-order valence-electron chi connectivity index (χ1n) is 8.63. The molecule has 168 valence electrons. The molecule has 7 nitrogen and oxygen atoms in total. The fraction of sp³-hybridized carbons (Fsp3) is 0.353. The molecule has 2 N–H and O–H groups in total. The molecule has 2 amide bonds. The zero-order valence-electron chi connectivity index (χ0n) is 15.4. The summed E-state index contributed by atoms with van der Waals surface area (Å²) in [7, 11) is 0. The van der Waals surface area contributed by atoms with Crippen LogP contribution in [0.25, 0.3) is 0 Å². The lowest BCUT2D eigenvalue weighted by molar-refractivity contribution is -0.143. The van der Waals surface area contributed by atoms with Crippen LogP contribution in [0.15, 0.2) is 23.6 Å². The lowest BCUT2D eigenvalue weighted by atomic mass is 10.0. The van der Waals surface area contributed by atoms with Gasteiger partial charge in [0.15, 0.2) is 5.13 Å². The normalized spacial score (nSPS) is 15.0. The molecule has 1 aliphatic rings. The highest BCUT2D eigenvalue weighted by atomic mass is 32.1. The molecule has 1 saturated heterocycles. The van der Waals surface area contributed by atoms with Gasteiger partial charge in [-0.1, -0.05) is 0 Å². The van der Waals surface area contributed by atoms with Gasteiger partial charge in [0.25, 0.3) is 11.8 Å². The van der Waals surface area contributed by atoms with E-state index in [0.29, 0.717) is 31.4 Å². The number of benzene rings is 1. The molecule has 2 aromatic rings. The van der Waals surface area contributed by atoms with Crippen molar-refractivity contribution in [3.63, 3.8) is 0 Å². The molecule has 1 fully saturated rings. The maximum Gasteiger partial charge on any atom is 0.416 e. The molecule has 0 saturated carbocycles. The van der Waals surface area contributed by atoms with Gasteiger partial charge in [-0.25, -0.2) is 4.98 Å². The number of ether oxygens (including phenoxy) is 1. The van der Waals surface area contributed by atoms with E-state index in [1.54, 1.807) is 5.43 Å². The molecule has 1 aromatic carbocycles. The number of hydrazine groups is 1. The third kappa shape index (κ3) is 5.64. The number of hydrogen-bond acceptors (Lipinski definition) is 6. The number of carbonyl (C=O) groups excluding carboxylic acids is 2. The smallest absolute Gasteiger partial charge is 0.378 e. The van der Waals surface area contributed by atoms with E-state index in [4.69, 9.17) is 4.74 Å². The molecule has 31 heavy (non-hydrogen) atoms. The number of halogens is 6. The number of carbonyl (C=O) groups is 2. The molecule has 1 aromatic heterocycles. The number of alkyl halides is 6. The number of anilines is 1. The number of aromatic nitrogens is 1. The molecule has 0 spiro atoms. The lowest BCUT2D eigenvalue weighted by Gasteiger charge is -2.25. The summed E-state index contributed by atoms with van der Waals surface area (Å²) < 4.78 is 82.6. The Morgan fingerprint density at radius 3 is 2.03 bits per heavy atom. The van der Waals surface area contributed by atoms with Crippen LogP contribution < -0.4 is 15.8 Å². The van der Waals surface area contributed by atoms with Crippen molar-refractivity contribution in [2.75, 3.05) is 31.2 Å². The Kier molecular flexibility index (Phi) is 6.40. The highest BCUT2D eigenvalue weighted by Gasteiger charge is 2.37. The van der Waals surface area contributed by atoms with Gasteiger partial charge in [0.05, 0.1) is 24.3 Å². The topological polar surface area (TPSA) is 83.6 Å². The molecule has 0 atom stereocenters. The molecular weight excluding hydrogens is 454 g/mol. The largest absolute Gasteiger partial charge is 0.416 e. The second kappa shape index (κ2) is 8.70. The van der Waals surface area contributed by atoms with Gasteiger partial charge in [-0.2, -0.15) is 26.3 Å². The Morgan fingerprint density at radius 2 is 1.48 bits per heavy atom. The highest BCUT2D eigenvalue weighted by Crippen LogP contribution is 2.36. The van der Waals surface area contributed by atoms with Crippen LogP contribution in [0.4, 0.5) is 31.5 Å². The standard InChI is InChI=1S/C17H14F6N4O3S/c18-16(19,20)10-5-9(6-11(7-10)17(21,22)23)13(28)25-26-14(29)12-8-31-15(24-12)27-1-3-30-4-2-27/h5-8H,1-4H2,(H,25,28)(H,26,29). The van der Waals surface area contributed by atoms with Gasteiger partial charge in [0.1, 0.15) is 5.69 Å². The summed E-state index contributed by atoms with van der Waals surface area (Å²) in [6.07, 6.45) is -10.2. The average Bonchev–Trinajstić information content (AvgIpc) is 3.21. The number of amides is 2. The Bertz CT molecular complexity index is 937. The van der Waals surface area contributed by atoms with E-state index in [1.807, 2.05) is 10.3 Å². The van der Waals surface area contributed by atoms with Crippen molar-refractivity contribution >= 4 is 28.3 Å². The van der Waals surface area contributed by atoms with E-state index in [9.17, 15) is 35.9 Å². The number of hydrogen-bond donors (Lipinski definition) is 2. The summed E-state index contributed by atoms with van der Waals surface area (Å²) in [6.45, 7) is 2.13. The van der Waals surface area contributed by atoms with Crippen molar-refractivity contribution in [1.82, 2.24) is 15.8 Å². The molecule has 2 heterocycles. The SMILES string of the molecule is O=C(NNC(=O)c1csc(N2CCOCC2)n1)c1cc(C(F)(F)F)cc(C(F)(F)F)c1. The van der Waals surface area contributed by atoms with Gasteiger partial charge in [-0.15, -0.1) is 11.3 Å². The van der Waals surface area contributed by atoms with Gasteiger partial charge in [-0.05, 0) is 18.2 Å². The minimum Gasteiger partial charge on any atom is -0.378 e. The number of rotatable bonds is 3. The van der Waals surface area contributed by atoms with Crippen LogP contribution in [0.5, 0.6) is 0 Å². The van der Waals surface area contributed by atoms with Crippen LogP contribution in [0.2, 0.25) is 0 Å². The maximum atomic E-state index is 12.9. The first kappa shape index (κ1) is 22.8. The third-order valence-electron chi connectivity index (χ3n) is 4.15. The summed E-state index contributed by atoms with van der Waals surface area (Å²) in [5.74, 6) is -2.24. The molecule has 14 heteroatoms. The van der Waals surface area contributed by atoms with Gasteiger partial charge < -0.3 is 9.64 Å². The van der Waals surface area contributed by atoms with Crippen molar-refractivity contribution in [2.24, 2.45) is 0 Å². The van der Waals surface area contributed by atoms with E-state index in [2.05, 4.69) is 4.98 Å². The van der Waals surface area contributed by atoms with E-state index in [-0.39, 0.29) is 23.9 Å². The molecule has 0 unspecified atom stereocenters. The van der Waals surface area contributed by atoms with Crippen LogP contribution in [-0.4, -0.2) is 43.1 Å². The summed E-state index contributed by atoms with van der Waals surface area (Å²) in [5.41, 5.74) is -0.557. The van der Waals surface area contributed by atoms with Crippen LogP contribution in [0.1, 0.15) is 32.0 Å². The number of nitrogens with one attached hydrogen (secondary N) is 2. The molecule has 0 aliphatic carbocycles. The first-order chi connectivity index (χ1) is 14.4. The fourth-order valence-corrected chi connectivity index (χ4v) is 3.46.